The van der Waals surface area contributed by atoms with Crippen molar-refractivity contribution >= 4 is 22.8 Å². The van der Waals surface area contributed by atoms with Crippen LogP contribution >= 0.6 is 0 Å². The van der Waals surface area contributed by atoms with Gasteiger partial charge in [0.15, 0.2) is 11.6 Å². The lowest BCUT2D eigenvalue weighted by Crippen LogP contribution is -2.53. The molecular weight excluding hydrogens is 479 g/mol. The normalized spacial score (nSPS) is 21.0. The van der Waals surface area contributed by atoms with E-state index in [9.17, 15) is 14.7 Å². The number of aromatic amines is 1. The second-order valence-electron chi connectivity index (χ2n) is 9.68. The number of fused-ring (bicyclic) bond motifs is 4. The first-order chi connectivity index (χ1) is 17.8. The van der Waals surface area contributed by atoms with Gasteiger partial charge in [-0.3, -0.25) is 14.6 Å². The van der Waals surface area contributed by atoms with Gasteiger partial charge in [0.05, 0.1) is 13.7 Å². The molecule has 1 aromatic heterocycles. The van der Waals surface area contributed by atoms with Crippen molar-refractivity contribution in [2.45, 2.75) is 31.3 Å². The summed E-state index contributed by atoms with van der Waals surface area (Å²) >= 11 is 0. The Balaban J connectivity index is 1.58. The molecule has 2 unspecified atom stereocenters. The molecule has 2 aliphatic rings. The molecule has 1 fully saturated rings. The van der Waals surface area contributed by atoms with Gasteiger partial charge in [-0.15, -0.1) is 0 Å². The van der Waals surface area contributed by atoms with Gasteiger partial charge < -0.3 is 24.9 Å². The Bertz CT molecular complexity index is 1360. The summed E-state index contributed by atoms with van der Waals surface area (Å²) < 4.78 is 25.8. The van der Waals surface area contributed by atoms with E-state index in [4.69, 9.17) is 9.47 Å². The Morgan fingerprint density at radius 3 is 2.76 bits per heavy atom. The Kier molecular flexibility index (Phi) is 6.55. The van der Waals surface area contributed by atoms with Crippen LogP contribution < -0.4 is 10.1 Å². The summed E-state index contributed by atoms with van der Waals surface area (Å²) in [6.45, 7) is 3.87. The SMILES string of the molecule is COCCNCCCN1C(=O)N2C(c3cccc(O)c3)c3[nH]c4ccc(OC)c(F)c4c3CC2(C)C1=O. The van der Waals surface area contributed by atoms with Crippen LogP contribution in [0.15, 0.2) is 36.4 Å². The lowest BCUT2D eigenvalue weighted by molar-refractivity contribution is -0.133. The number of H-pyrrole nitrogens is 1. The van der Waals surface area contributed by atoms with E-state index in [1.165, 1.54) is 12.0 Å². The number of methoxy groups -OCH3 is 2. The zero-order chi connectivity index (χ0) is 26.3. The van der Waals surface area contributed by atoms with Gasteiger partial charge in [0, 0.05) is 43.2 Å². The van der Waals surface area contributed by atoms with E-state index in [1.54, 1.807) is 55.3 Å². The largest absolute Gasteiger partial charge is 0.508 e. The standard InChI is InChI=1S/C27H31FN4O5/c1-27-15-18-21-19(8-9-20(37-3)22(21)28)30-23(18)24(16-6-4-7-17(33)14-16)32(27)26(35)31(25(27)34)12-5-10-29-11-13-36-2/h4,6-9,14,24,29-30,33H,5,10-13,15H2,1-3H3. The first-order valence-corrected chi connectivity index (χ1v) is 12.3. The minimum absolute atomic E-state index is 0.0345. The van der Waals surface area contributed by atoms with Gasteiger partial charge in [0.25, 0.3) is 5.91 Å². The quantitative estimate of drug-likeness (QED) is 0.301. The van der Waals surface area contributed by atoms with E-state index in [1.807, 2.05) is 0 Å². The summed E-state index contributed by atoms with van der Waals surface area (Å²) in [5, 5.41) is 13.8. The van der Waals surface area contributed by atoms with Crippen molar-refractivity contribution in [2.75, 3.05) is 40.5 Å². The summed E-state index contributed by atoms with van der Waals surface area (Å²) in [5.74, 6) is -0.692. The van der Waals surface area contributed by atoms with Gasteiger partial charge >= 0.3 is 6.03 Å². The number of aromatic hydroxyl groups is 1. The lowest BCUT2D eigenvalue weighted by atomic mass is 9.81. The van der Waals surface area contributed by atoms with Crippen LogP contribution in [0.3, 0.4) is 0 Å². The number of rotatable bonds is 9. The van der Waals surface area contributed by atoms with Crippen LogP contribution in [-0.2, 0) is 16.0 Å². The number of ether oxygens (including phenoxy) is 2. The van der Waals surface area contributed by atoms with Gasteiger partial charge in [-0.05, 0) is 55.3 Å². The van der Waals surface area contributed by atoms with Gasteiger partial charge in [-0.2, -0.15) is 0 Å². The van der Waals surface area contributed by atoms with E-state index < -0.39 is 23.4 Å². The Hall–Kier alpha value is -3.63. The van der Waals surface area contributed by atoms with E-state index in [0.717, 1.165) is 0 Å². The van der Waals surface area contributed by atoms with E-state index >= 15 is 4.39 Å². The van der Waals surface area contributed by atoms with Gasteiger partial charge in [-0.1, -0.05) is 12.1 Å². The van der Waals surface area contributed by atoms with Gasteiger partial charge in [0.2, 0.25) is 0 Å². The number of nitrogens with zero attached hydrogens (tertiary/aromatic N) is 2. The summed E-state index contributed by atoms with van der Waals surface area (Å²) in [4.78, 5) is 33.8. The van der Waals surface area contributed by atoms with Gasteiger partial charge in [-0.25, -0.2) is 9.18 Å². The van der Waals surface area contributed by atoms with Crippen molar-refractivity contribution in [3.05, 3.63) is 59.0 Å². The molecule has 3 heterocycles. The minimum Gasteiger partial charge on any atom is -0.508 e. The Morgan fingerprint density at radius 1 is 1.22 bits per heavy atom. The predicted octanol–water partition coefficient (Wildman–Crippen LogP) is 3.32. The smallest absolute Gasteiger partial charge is 0.328 e. The molecule has 0 radical (unpaired) electrons. The average molecular weight is 511 g/mol. The highest BCUT2D eigenvalue weighted by Crippen LogP contribution is 2.49. The first kappa shape index (κ1) is 25.0. The second-order valence-corrected chi connectivity index (χ2v) is 9.68. The number of halogens is 1. The fraction of sp³-hybridized carbons (Fsp3) is 0.407. The van der Waals surface area contributed by atoms with E-state index in [2.05, 4.69) is 10.3 Å². The lowest BCUT2D eigenvalue weighted by Gasteiger charge is -2.42. The number of benzene rings is 2. The van der Waals surface area contributed by atoms with Crippen LogP contribution in [-0.4, -0.2) is 77.8 Å². The second kappa shape index (κ2) is 9.68. The molecule has 2 aromatic carbocycles. The zero-order valence-corrected chi connectivity index (χ0v) is 21.1. The van der Waals surface area contributed by atoms with Crippen molar-refractivity contribution in [3.8, 4) is 11.5 Å². The molecule has 0 aliphatic carbocycles. The van der Waals surface area contributed by atoms with Crippen LogP contribution in [0.2, 0.25) is 0 Å². The molecule has 0 bridgehead atoms. The number of hydrogen-bond donors (Lipinski definition) is 3. The van der Waals surface area contributed by atoms with E-state index in [-0.39, 0.29) is 30.4 Å². The number of aromatic nitrogens is 1. The number of phenolic OH excluding ortho intramolecular Hbond substituents is 1. The summed E-state index contributed by atoms with van der Waals surface area (Å²) in [6.07, 6.45) is 0.733. The van der Waals surface area contributed by atoms with Crippen LogP contribution in [0.1, 0.15) is 36.2 Å². The Labute approximate surface area is 214 Å². The number of carbonyl (C=O) groups is 2. The molecule has 0 saturated carbocycles. The number of imide groups is 1. The van der Waals surface area contributed by atoms with Crippen molar-refractivity contribution in [3.63, 3.8) is 0 Å². The maximum atomic E-state index is 15.5. The molecule has 0 spiro atoms. The highest BCUT2D eigenvalue weighted by Gasteiger charge is 2.60. The molecule has 9 nitrogen and oxygen atoms in total. The summed E-state index contributed by atoms with van der Waals surface area (Å²) in [5.41, 5.74) is 1.19. The fourth-order valence-corrected chi connectivity index (χ4v) is 5.61. The number of carbonyl (C=O) groups excluding carboxylic acids is 2. The third-order valence-corrected chi connectivity index (χ3v) is 7.35. The topological polar surface area (TPSA) is 107 Å². The highest BCUT2D eigenvalue weighted by atomic mass is 19.1. The Morgan fingerprint density at radius 2 is 2.03 bits per heavy atom. The maximum Gasteiger partial charge on any atom is 0.328 e. The molecule has 2 atom stereocenters. The van der Waals surface area contributed by atoms with Crippen LogP contribution in [0.25, 0.3) is 10.9 Å². The molecule has 3 aromatic rings. The maximum absolute atomic E-state index is 15.5. The minimum atomic E-state index is -1.23. The fourth-order valence-electron chi connectivity index (χ4n) is 5.61. The third kappa shape index (κ3) is 4.00. The van der Waals surface area contributed by atoms with Crippen molar-refractivity contribution in [1.29, 1.82) is 0 Å². The zero-order valence-electron chi connectivity index (χ0n) is 21.1. The van der Waals surface area contributed by atoms with E-state index in [0.29, 0.717) is 53.8 Å². The number of amides is 3. The van der Waals surface area contributed by atoms with Crippen molar-refractivity contribution < 1.29 is 28.6 Å². The highest BCUT2D eigenvalue weighted by molar-refractivity contribution is 6.08. The third-order valence-electron chi connectivity index (χ3n) is 7.35. The van der Waals surface area contributed by atoms with Crippen LogP contribution in [0.5, 0.6) is 11.5 Å². The molecule has 5 rings (SSSR count). The molecule has 1 saturated heterocycles. The number of urea groups is 1. The van der Waals surface area contributed by atoms with Gasteiger partial charge in [0.1, 0.15) is 17.3 Å². The summed E-state index contributed by atoms with van der Waals surface area (Å²) in [6, 6.07) is 8.75. The van der Waals surface area contributed by atoms with Crippen molar-refractivity contribution in [1.82, 2.24) is 20.1 Å². The number of phenols is 1. The molecular formula is C27H31FN4O5. The van der Waals surface area contributed by atoms with Crippen LogP contribution in [0, 0.1) is 5.82 Å². The molecule has 2 aliphatic heterocycles. The van der Waals surface area contributed by atoms with Crippen molar-refractivity contribution in [2.24, 2.45) is 0 Å². The molecule has 3 amide bonds. The molecule has 37 heavy (non-hydrogen) atoms. The predicted molar refractivity (Wildman–Crippen MR) is 135 cm³/mol. The first-order valence-electron chi connectivity index (χ1n) is 12.3. The summed E-state index contributed by atoms with van der Waals surface area (Å²) in [7, 11) is 3.03. The molecule has 3 N–H and O–H groups in total. The number of hydrogen-bond acceptors (Lipinski definition) is 6. The number of nitrogens with one attached hydrogen (secondary N) is 2. The molecule has 196 valence electrons. The monoisotopic (exact) mass is 510 g/mol. The molecule has 10 heteroatoms. The van der Waals surface area contributed by atoms with Crippen LogP contribution in [0.4, 0.5) is 9.18 Å². The average Bonchev–Trinajstić information content (AvgIpc) is 3.33.